The van der Waals surface area contributed by atoms with Crippen LogP contribution in [-0.2, 0) is 4.79 Å². The van der Waals surface area contributed by atoms with Crippen LogP contribution < -0.4 is 5.73 Å². The van der Waals surface area contributed by atoms with E-state index in [4.69, 9.17) is 5.73 Å². The van der Waals surface area contributed by atoms with E-state index in [1.54, 1.807) is 60.7 Å². The second-order valence-electron chi connectivity index (χ2n) is 5.85. The van der Waals surface area contributed by atoms with E-state index >= 15 is 0 Å². The Morgan fingerprint density at radius 2 is 1.31 bits per heavy atom. The van der Waals surface area contributed by atoms with Crippen LogP contribution in [0.1, 0.15) is 40.0 Å². The molecule has 1 atom stereocenters. The number of rotatable bonds is 8. The van der Waals surface area contributed by atoms with E-state index in [1.165, 1.54) is 0 Å². The number of imide groups is 1. The standard InChI is InChI=1S/C20H22N2O4/c21-14-8-7-13-17(20(25)26)22(18(23)15-9-3-1-4-10-15)19(24)16-11-5-2-6-12-16/h1-6,9-12,17H,7-8,13-14,21H2,(H,25,26). The van der Waals surface area contributed by atoms with Crippen molar-refractivity contribution in [2.75, 3.05) is 6.54 Å². The largest absolute Gasteiger partial charge is 0.480 e. The summed E-state index contributed by atoms with van der Waals surface area (Å²) in [7, 11) is 0. The average Bonchev–Trinajstić information content (AvgIpc) is 2.68. The molecule has 0 spiro atoms. The van der Waals surface area contributed by atoms with Crippen LogP contribution >= 0.6 is 0 Å². The number of unbranched alkanes of at least 4 members (excludes halogenated alkanes) is 1. The molecule has 6 heteroatoms. The van der Waals surface area contributed by atoms with Crippen molar-refractivity contribution in [2.24, 2.45) is 5.73 Å². The summed E-state index contributed by atoms with van der Waals surface area (Å²) in [5.74, 6) is -2.46. The lowest BCUT2D eigenvalue weighted by molar-refractivity contribution is -0.141. The Bertz CT molecular complexity index is 695. The van der Waals surface area contributed by atoms with Crippen LogP contribution in [0.4, 0.5) is 0 Å². The van der Waals surface area contributed by atoms with E-state index in [-0.39, 0.29) is 17.5 Å². The molecule has 0 aliphatic heterocycles. The number of hydrogen-bond donors (Lipinski definition) is 2. The van der Waals surface area contributed by atoms with E-state index < -0.39 is 23.8 Å². The summed E-state index contributed by atoms with van der Waals surface area (Å²) >= 11 is 0. The van der Waals surface area contributed by atoms with Gasteiger partial charge in [-0.3, -0.25) is 14.5 Å². The van der Waals surface area contributed by atoms with Crippen LogP contribution in [0.25, 0.3) is 0 Å². The minimum Gasteiger partial charge on any atom is -0.480 e. The zero-order valence-electron chi connectivity index (χ0n) is 14.4. The van der Waals surface area contributed by atoms with E-state index in [9.17, 15) is 19.5 Å². The van der Waals surface area contributed by atoms with Gasteiger partial charge < -0.3 is 10.8 Å². The Morgan fingerprint density at radius 3 is 1.69 bits per heavy atom. The van der Waals surface area contributed by atoms with Crippen molar-refractivity contribution in [1.82, 2.24) is 4.90 Å². The third-order valence-corrected chi connectivity index (χ3v) is 4.01. The number of carboxylic acid groups (broad SMARTS) is 1. The number of carboxylic acids is 1. The van der Waals surface area contributed by atoms with Gasteiger partial charge in [0.15, 0.2) is 0 Å². The number of hydrogen-bond acceptors (Lipinski definition) is 4. The summed E-state index contributed by atoms with van der Waals surface area (Å²) in [6, 6.07) is 15.2. The fraction of sp³-hybridized carbons (Fsp3) is 0.250. The third-order valence-electron chi connectivity index (χ3n) is 4.01. The van der Waals surface area contributed by atoms with Gasteiger partial charge in [-0.1, -0.05) is 36.4 Å². The van der Waals surface area contributed by atoms with Gasteiger partial charge in [0.25, 0.3) is 11.8 Å². The van der Waals surface area contributed by atoms with Gasteiger partial charge >= 0.3 is 5.97 Å². The molecule has 0 aliphatic carbocycles. The molecule has 3 N–H and O–H groups in total. The van der Waals surface area contributed by atoms with Crippen LogP contribution in [0.2, 0.25) is 0 Å². The lowest BCUT2D eigenvalue weighted by Crippen LogP contribution is -2.48. The fourth-order valence-corrected chi connectivity index (χ4v) is 2.66. The monoisotopic (exact) mass is 354 g/mol. The minimum atomic E-state index is -1.25. The molecule has 2 rings (SSSR count). The number of amides is 2. The maximum atomic E-state index is 13.0. The third kappa shape index (κ3) is 4.77. The number of aliphatic carboxylic acids is 1. The zero-order chi connectivity index (χ0) is 18.9. The van der Waals surface area contributed by atoms with Crippen LogP contribution in [0.3, 0.4) is 0 Å². The Morgan fingerprint density at radius 1 is 0.846 bits per heavy atom. The molecular weight excluding hydrogens is 332 g/mol. The fourth-order valence-electron chi connectivity index (χ4n) is 2.66. The Kier molecular flexibility index (Phi) is 7.05. The van der Waals surface area contributed by atoms with Gasteiger partial charge in [0.2, 0.25) is 0 Å². The molecule has 26 heavy (non-hydrogen) atoms. The first kappa shape index (κ1) is 19.3. The Balaban J connectivity index is 2.41. The number of nitrogens with zero attached hydrogens (tertiary/aromatic N) is 1. The van der Waals surface area contributed by atoms with Crippen LogP contribution in [-0.4, -0.2) is 40.4 Å². The predicted molar refractivity (Wildman–Crippen MR) is 97.7 cm³/mol. The molecule has 2 amide bonds. The molecule has 136 valence electrons. The van der Waals surface area contributed by atoms with Gasteiger partial charge in [-0.05, 0) is 50.1 Å². The molecule has 0 fully saturated rings. The van der Waals surface area contributed by atoms with E-state index in [1.807, 2.05) is 0 Å². The van der Waals surface area contributed by atoms with Crippen molar-refractivity contribution in [2.45, 2.75) is 25.3 Å². The van der Waals surface area contributed by atoms with Gasteiger partial charge in [-0.15, -0.1) is 0 Å². The van der Waals surface area contributed by atoms with Crippen LogP contribution in [0, 0.1) is 0 Å². The summed E-state index contributed by atoms with van der Waals surface area (Å²) in [5.41, 5.74) is 6.00. The van der Waals surface area contributed by atoms with Gasteiger partial charge in [0.05, 0.1) is 0 Å². The number of nitrogens with two attached hydrogens (primary N) is 1. The maximum absolute atomic E-state index is 13.0. The molecule has 0 aliphatic rings. The van der Waals surface area contributed by atoms with Crippen molar-refractivity contribution in [3.63, 3.8) is 0 Å². The maximum Gasteiger partial charge on any atom is 0.326 e. The summed E-state index contributed by atoms with van der Waals surface area (Å²) in [4.78, 5) is 38.6. The minimum absolute atomic E-state index is 0.156. The Labute approximate surface area is 152 Å². The van der Waals surface area contributed by atoms with Gasteiger partial charge in [-0.2, -0.15) is 0 Å². The molecule has 2 aromatic carbocycles. The van der Waals surface area contributed by atoms with Gasteiger partial charge in [0, 0.05) is 11.1 Å². The SMILES string of the molecule is NCCCCC(C(=O)O)N(C(=O)c1ccccc1)C(=O)c1ccccc1. The molecule has 0 saturated carbocycles. The lowest BCUT2D eigenvalue weighted by atomic mass is 10.0. The molecule has 2 aromatic rings. The molecule has 0 bridgehead atoms. The number of carbonyl (C=O) groups is 3. The summed E-state index contributed by atoms with van der Waals surface area (Å²) in [6.07, 6.45) is 1.29. The molecule has 0 heterocycles. The Hall–Kier alpha value is -2.99. The molecule has 0 radical (unpaired) electrons. The highest BCUT2D eigenvalue weighted by molar-refractivity contribution is 6.12. The number of carbonyl (C=O) groups excluding carboxylic acids is 2. The molecular formula is C20H22N2O4. The van der Waals surface area contributed by atoms with Crippen molar-refractivity contribution < 1.29 is 19.5 Å². The van der Waals surface area contributed by atoms with Crippen molar-refractivity contribution >= 4 is 17.8 Å². The van der Waals surface area contributed by atoms with Gasteiger partial charge in [0.1, 0.15) is 6.04 Å². The van der Waals surface area contributed by atoms with Crippen molar-refractivity contribution in [1.29, 1.82) is 0 Å². The smallest absolute Gasteiger partial charge is 0.326 e. The summed E-state index contributed by atoms with van der Waals surface area (Å²) < 4.78 is 0. The highest BCUT2D eigenvalue weighted by atomic mass is 16.4. The number of benzene rings is 2. The quantitative estimate of drug-likeness (QED) is 0.560. The first-order valence-electron chi connectivity index (χ1n) is 8.47. The summed E-state index contributed by atoms with van der Waals surface area (Å²) in [5, 5.41) is 9.66. The van der Waals surface area contributed by atoms with Crippen molar-refractivity contribution in [3.8, 4) is 0 Å². The highest BCUT2D eigenvalue weighted by Gasteiger charge is 2.35. The molecule has 6 nitrogen and oxygen atoms in total. The predicted octanol–water partition coefficient (Wildman–Crippen LogP) is 2.55. The second-order valence-corrected chi connectivity index (χ2v) is 5.85. The lowest BCUT2D eigenvalue weighted by Gasteiger charge is -2.27. The normalized spacial score (nSPS) is 11.6. The highest BCUT2D eigenvalue weighted by Crippen LogP contribution is 2.18. The average molecular weight is 354 g/mol. The molecule has 0 saturated heterocycles. The van der Waals surface area contributed by atoms with Crippen LogP contribution in [0.15, 0.2) is 60.7 Å². The second kappa shape index (κ2) is 9.48. The van der Waals surface area contributed by atoms with Crippen LogP contribution in [0.5, 0.6) is 0 Å². The van der Waals surface area contributed by atoms with E-state index in [2.05, 4.69) is 0 Å². The van der Waals surface area contributed by atoms with E-state index in [0.717, 1.165) is 4.90 Å². The first-order valence-corrected chi connectivity index (χ1v) is 8.47. The first-order chi connectivity index (χ1) is 12.6. The zero-order valence-corrected chi connectivity index (χ0v) is 14.4. The van der Waals surface area contributed by atoms with Crippen molar-refractivity contribution in [3.05, 3.63) is 71.8 Å². The topological polar surface area (TPSA) is 101 Å². The summed E-state index contributed by atoms with van der Waals surface area (Å²) in [6.45, 7) is 0.422. The van der Waals surface area contributed by atoms with Gasteiger partial charge in [-0.25, -0.2) is 4.79 Å². The van der Waals surface area contributed by atoms with E-state index in [0.29, 0.717) is 19.4 Å². The molecule has 0 aromatic heterocycles. The molecule has 1 unspecified atom stereocenters.